The van der Waals surface area contributed by atoms with Gasteiger partial charge in [-0.15, -0.1) is 0 Å². The highest BCUT2D eigenvalue weighted by molar-refractivity contribution is 7.19. The summed E-state index contributed by atoms with van der Waals surface area (Å²) in [6, 6.07) is 0. The van der Waals surface area contributed by atoms with Crippen molar-refractivity contribution in [1.82, 2.24) is 4.98 Å². The van der Waals surface area contributed by atoms with Crippen LogP contribution in [0.15, 0.2) is 5.16 Å². The molecule has 9 heteroatoms. The molecule has 0 saturated carbocycles. The van der Waals surface area contributed by atoms with Crippen LogP contribution >= 0.6 is 22.9 Å². The Morgan fingerprint density at radius 3 is 2.67 bits per heavy atom. The molecule has 3 N–H and O–H groups in total. The van der Waals surface area contributed by atoms with Gasteiger partial charge in [-0.05, 0) is 13.8 Å². The minimum Gasteiger partial charge on any atom is -0.478 e. The highest BCUT2D eigenvalue weighted by Gasteiger charge is 2.30. The molecule has 1 heterocycles. The fourth-order valence-electron chi connectivity index (χ4n) is 0.798. The van der Waals surface area contributed by atoms with E-state index < -0.39 is 11.6 Å². The van der Waals surface area contributed by atoms with E-state index in [1.54, 1.807) is 0 Å². The first kappa shape index (κ1) is 14.4. The second-order valence-corrected chi connectivity index (χ2v) is 5.31. The molecule has 98 valence electrons. The molecule has 0 radical (unpaired) electrons. The molecule has 18 heavy (non-hydrogen) atoms. The SMILES string of the molecule is CC(C)(ON=C(C=O)c1nc(N)sc1Cl)C(=O)O. The molecular weight excluding hydrogens is 282 g/mol. The molecule has 0 saturated heterocycles. The third-order valence-electron chi connectivity index (χ3n) is 1.84. The third-order valence-corrected chi connectivity index (χ3v) is 2.93. The van der Waals surface area contributed by atoms with Crippen LogP contribution in [0.2, 0.25) is 4.34 Å². The Bertz CT molecular complexity index is 512. The molecule has 0 spiro atoms. The summed E-state index contributed by atoms with van der Waals surface area (Å²) in [5.41, 5.74) is 3.70. The lowest BCUT2D eigenvalue weighted by atomic mass is 10.1. The quantitative estimate of drug-likeness (QED) is 0.478. The van der Waals surface area contributed by atoms with Gasteiger partial charge in [-0.1, -0.05) is 28.1 Å². The minimum atomic E-state index is -1.57. The highest BCUT2D eigenvalue weighted by Crippen LogP contribution is 2.26. The summed E-state index contributed by atoms with van der Waals surface area (Å²) >= 11 is 6.77. The number of halogens is 1. The van der Waals surface area contributed by atoms with Gasteiger partial charge in [0.25, 0.3) is 0 Å². The predicted octanol–water partition coefficient (Wildman–Crippen LogP) is 1.16. The first-order valence-electron chi connectivity index (χ1n) is 4.65. The average molecular weight is 292 g/mol. The van der Waals surface area contributed by atoms with Crippen LogP contribution in [-0.4, -0.2) is 33.7 Å². The van der Waals surface area contributed by atoms with E-state index in [-0.39, 0.29) is 20.9 Å². The van der Waals surface area contributed by atoms with Crippen molar-refractivity contribution in [1.29, 1.82) is 0 Å². The lowest BCUT2D eigenvalue weighted by molar-refractivity contribution is -0.161. The number of aldehydes is 1. The number of thiazole rings is 1. The number of nitrogens with two attached hydrogens (primary N) is 1. The van der Waals surface area contributed by atoms with Gasteiger partial charge >= 0.3 is 5.97 Å². The molecule has 7 nitrogen and oxygen atoms in total. The number of carbonyl (C=O) groups is 2. The Morgan fingerprint density at radius 2 is 2.28 bits per heavy atom. The van der Waals surface area contributed by atoms with Crippen molar-refractivity contribution in [2.24, 2.45) is 5.16 Å². The normalized spacial score (nSPS) is 12.3. The van der Waals surface area contributed by atoms with Gasteiger partial charge in [0.2, 0.25) is 5.60 Å². The smallest absolute Gasteiger partial charge is 0.350 e. The number of carboxylic acid groups (broad SMARTS) is 1. The summed E-state index contributed by atoms with van der Waals surface area (Å²) in [5.74, 6) is -1.22. The molecule has 0 aliphatic heterocycles. The first-order valence-corrected chi connectivity index (χ1v) is 5.84. The number of carbonyl (C=O) groups excluding carboxylic acids is 1. The Balaban J connectivity index is 3.01. The van der Waals surface area contributed by atoms with Crippen LogP contribution in [0.4, 0.5) is 5.13 Å². The maximum Gasteiger partial charge on any atom is 0.350 e. The number of hydrogen-bond donors (Lipinski definition) is 2. The van der Waals surface area contributed by atoms with Gasteiger partial charge in [-0.25, -0.2) is 9.78 Å². The van der Waals surface area contributed by atoms with Gasteiger partial charge < -0.3 is 15.7 Å². The monoisotopic (exact) mass is 291 g/mol. The van der Waals surface area contributed by atoms with E-state index in [9.17, 15) is 9.59 Å². The van der Waals surface area contributed by atoms with Crippen LogP contribution in [0.3, 0.4) is 0 Å². The maximum atomic E-state index is 10.9. The molecule has 0 aliphatic carbocycles. The molecule has 0 fully saturated rings. The van der Waals surface area contributed by atoms with Crippen molar-refractivity contribution >= 4 is 46.0 Å². The molecule has 1 aromatic rings. The zero-order chi connectivity index (χ0) is 13.9. The average Bonchev–Trinajstić information content (AvgIpc) is 2.59. The van der Waals surface area contributed by atoms with Gasteiger partial charge in [-0.2, -0.15) is 0 Å². The van der Waals surface area contributed by atoms with Gasteiger partial charge in [0.05, 0.1) is 0 Å². The number of aliphatic carboxylic acids is 1. The maximum absolute atomic E-state index is 10.9. The van der Waals surface area contributed by atoms with E-state index in [2.05, 4.69) is 10.1 Å². The van der Waals surface area contributed by atoms with Crippen LogP contribution in [0, 0.1) is 0 Å². The van der Waals surface area contributed by atoms with Crippen molar-refractivity contribution < 1.29 is 19.5 Å². The van der Waals surface area contributed by atoms with Gasteiger partial charge in [-0.3, -0.25) is 4.79 Å². The summed E-state index contributed by atoms with van der Waals surface area (Å²) in [6.07, 6.45) is 0.359. The Labute approximate surface area is 111 Å². The second-order valence-electron chi connectivity index (χ2n) is 3.68. The summed E-state index contributed by atoms with van der Waals surface area (Å²) < 4.78 is 0.176. The summed E-state index contributed by atoms with van der Waals surface area (Å²) in [6.45, 7) is 2.58. The van der Waals surface area contributed by atoms with Crippen molar-refractivity contribution in [3.8, 4) is 0 Å². The van der Waals surface area contributed by atoms with E-state index in [1.165, 1.54) is 13.8 Å². The van der Waals surface area contributed by atoms with Crippen molar-refractivity contribution in [2.45, 2.75) is 19.4 Å². The fourth-order valence-corrected chi connectivity index (χ4v) is 1.74. The number of nitrogens with zero attached hydrogens (tertiary/aromatic N) is 2. The second kappa shape index (κ2) is 5.32. The number of hydrogen-bond acceptors (Lipinski definition) is 7. The Morgan fingerprint density at radius 1 is 1.67 bits per heavy atom. The van der Waals surface area contributed by atoms with Crippen LogP contribution in [-0.2, 0) is 14.4 Å². The van der Waals surface area contributed by atoms with E-state index in [0.717, 1.165) is 11.3 Å². The Kier molecular flexibility index (Phi) is 4.25. The highest BCUT2D eigenvalue weighted by atomic mass is 35.5. The van der Waals surface area contributed by atoms with Crippen LogP contribution < -0.4 is 5.73 Å². The topological polar surface area (TPSA) is 115 Å². The molecule has 0 aromatic carbocycles. The largest absolute Gasteiger partial charge is 0.478 e. The predicted molar refractivity (Wildman–Crippen MR) is 66.9 cm³/mol. The molecule has 0 unspecified atom stereocenters. The van der Waals surface area contributed by atoms with Gasteiger partial charge in [0.15, 0.2) is 17.1 Å². The first-order chi connectivity index (χ1) is 8.27. The van der Waals surface area contributed by atoms with Crippen LogP contribution in [0.5, 0.6) is 0 Å². The molecular formula is C9H10ClN3O4S. The minimum absolute atomic E-state index is 0.0651. The van der Waals surface area contributed by atoms with E-state index in [0.29, 0.717) is 6.29 Å². The molecule has 1 aromatic heterocycles. The van der Waals surface area contributed by atoms with Crippen molar-refractivity contribution in [3.05, 3.63) is 10.0 Å². The van der Waals surface area contributed by atoms with Gasteiger partial charge in [0.1, 0.15) is 10.0 Å². The van der Waals surface area contributed by atoms with E-state index >= 15 is 0 Å². The zero-order valence-corrected chi connectivity index (χ0v) is 11.1. The fraction of sp³-hybridized carbons (Fsp3) is 0.333. The number of carboxylic acids is 1. The van der Waals surface area contributed by atoms with Crippen molar-refractivity contribution in [3.63, 3.8) is 0 Å². The molecule has 0 atom stereocenters. The zero-order valence-electron chi connectivity index (χ0n) is 9.51. The molecule has 0 amide bonds. The number of nitrogen functional groups attached to an aromatic ring is 1. The Hall–Kier alpha value is -1.67. The van der Waals surface area contributed by atoms with Crippen LogP contribution in [0.1, 0.15) is 19.5 Å². The molecule has 0 aliphatic rings. The summed E-state index contributed by atoms with van der Waals surface area (Å²) in [5, 5.41) is 12.4. The third kappa shape index (κ3) is 3.17. The van der Waals surface area contributed by atoms with E-state index in [1.807, 2.05) is 0 Å². The molecule has 0 bridgehead atoms. The van der Waals surface area contributed by atoms with Crippen molar-refractivity contribution in [2.75, 3.05) is 5.73 Å². The number of anilines is 1. The van der Waals surface area contributed by atoms with Gasteiger partial charge in [0, 0.05) is 0 Å². The van der Waals surface area contributed by atoms with Crippen LogP contribution in [0.25, 0.3) is 0 Å². The summed E-state index contributed by atoms with van der Waals surface area (Å²) in [4.78, 5) is 30.2. The molecule has 1 rings (SSSR count). The number of rotatable bonds is 5. The lowest BCUT2D eigenvalue weighted by Crippen LogP contribution is -2.33. The number of oxime groups is 1. The lowest BCUT2D eigenvalue weighted by Gasteiger charge is -2.16. The summed E-state index contributed by atoms with van der Waals surface area (Å²) in [7, 11) is 0. The number of aromatic nitrogens is 1. The standard InChI is InChI=1S/C9H10ClN3O4S/c1-9(2,7(15)16)17-13-4(3-14)5-6(10)18-8(11)12-5/h3H,1-2H3,(H2,11,12)(H,15,16). The van der Waals surface area contributed by atoms with E-state index in [4.69, 9.17) is 27.3 Å².